The molecule has 0 aliphatic heterocycles. The fourth-order valence-corrected chi connectivity index (χ4v) is 3.00. The number of aryl methyl sites for hydroxylation is 2. The number of aromatic nitrogens is 1. The van der Waals surface area contributed by atoms with Gasteiger partial charge in [-0.05, 0) is 41.5 Å². The summed E-state index contributed by atoms with van der Waals surface area (Å²) in [6.07, 6.45) is 0.469. The average molecular weight is 497 g/mol. The number of halogens is 1. The van der Waals surface area contributed by atoms with Gasteiger partial charge in [-0.2, -0.15) is 0 Å². The van der Waals surface area contributed by atoms with Gasteiger partial charge in [0.25, 0.3) is 0 Å². The minimum atomic E-state index is -0.485. The Morgan fingerprint density at radius 2 is 1.85 bits per heavy atom. The first-order valence-corrected chi connectivity index (χ1v) is 9.45. The summed E-state index contributed by atoms with van der Waals surface area (Å²) in [5.41, 5.74) is 0.610. The minimum absolute atomic E-state index is 0. The second-order valence-electron chi connectivity index (χ2n) is 6.61. The summed E-state index contributed by atoms with van der Waals surface area (Å²) in [6.45, 7) is 14.1. The number of carbonyl (C=O) groups is 1. The second kappa shape index (κ2) is 12.3. The van der Waals surface area contributed by atoms with Gasteiger partial charge >= 0.3 is 6.09 Å². The number of nitrogens with one attached hydrogen (secondary N) is 3. The highest BCUT2D eigenvalue weighted by Crippen LogP contribution is 2.17. The first-order chi connectivity index (χ1) is 11.7. The molecule has 7 nitrogen and oxygen atoms in total. The first-order valence-electron chi connectivity index (χ1n) is 8.63. The lowest BCUT2D eigenvalue weighted by molar-refractivity contribution is 0.0529. The van der Waals surface area contributed by atoms with Gasteiger partial charge in [-0.15, -0.1) is 35.3 Å². The molecule has 1 amide bonds. The van der Waals surface area contributed by atoms with Crippen LogP contribution >= 0.6 is 35.3 Å². The number of rotatable bonds is 7. The van der Waals surface area contributed by atoms with Gasteiger partial charge in [0.1, 0.15) is 5.60 Å². The summed E-state index contributed by atoms with van der Waals surface area (Å²) in [7, 11) is 0. The van der Waals surface area contributed by atoms with Crippen molar-refractivity contribution < 1.29 is 9.53 Å². The third kappa shape index (κ3) is 10.8. The van der Waals surface area contributed by atoms with E-state index in [0.717, 1.165) is 29.6 Å². The zero-order chi connectivity index (χ0) is 18.9. The maximum atomic E-state index is 11.6. The fraction of sp³-hybridized carbons (Fsp3) is 0.706. The molecular formula is C17H32IN5O2S. The molecule has 150 valence electrons. The van der Waals surface area contributed by atoms with Crippen molar-refractivity contribution in [3.05, 3.63) is 15.6 Å². The third-order valence-corrected chi connectivity index (χ3v) is 4.17. The number of ether oxygens (including phenoxy) is 1. The third-order valence-electron chi connectivity index (χ3n) is 3.04. The molecule has 0 radical (unpaired) electrons. The monoisotopic (exact) mass is 497 g/mol. The van der Waals surface area contributed by atoms with Crippen LogP contribution in [0.5, 0.6) is 0 Å². The molecule has 0 saturated carbocycles. The summed E-state index contributed by atoms with van der Waals surface area (Å²) in [4.78, 5) is 21.9. The van der Waals surface area contributed by atoms with Gasteiger partial charge in [0.2, 0.25) is 0 Å². The van der Waals surface area contributed by atoms with Crippen LogP contribution in [0.2, 0.25) is 0 Å². The minimum Gasteiger partial charge on any atom is -0.444 e. The molecule has 1 aromatic rings. The Morgan fingerprint density at radius 3 is 2.38 bits per heavy atom. The number of hydrogen-bond donors (Lipinski definition) is 3. The Kier molecular flexibility index (Phi) is 11.8. The Balaban J connectivity index is 0.00000625. The van der Waals surface area contributed by atoms with Crippen LogP contribution in [0.3, 0.4) is 0 Å². The predicted octanol–water partition coefficient (Wildman–Crippen LogP) is 3.00. The van der Waals surface area contributed by atoms with Crippen LogP contribution in [-0.4, -0.2) is 48.8 Å². The fourth-order valence-electron chi connectivity index (χ4n) is 2.08. The van der Waals surface area contributed by atoms with E-state index in [-0.39, 0.29) is 24.0 Å². The van der Waals surface area contributed by atoms with E-state index in [9.17, 15) is 4.79 Å². The SMILES string of the molecule is CCNC(=NCCc1sc(C)nc1C)NCCNC(=O)OC(C)(C)C.I. The molecular weight excluding hydrogens is 465 g/mol. The topological polar surface area (TPSA) is 87.6 Å². The highest BCUT2D eigenvalue weighted by atomic mass is 127. The van der Waals surface area contributed by atoms with Crippen molar-refractivity contribution in [1.29, 1.82) is 0 Å². The highest BCUT2D eigenvalue weighted by Gasteiger charge is 2.15. The number of carbonyl (C=O) groups excluding carboxylic acids is 1. The lowest BCUT2D eigenvalue weighted by Gasteiger charge is -2.19. The van der Waals surface area contributed by atoms with E-state index in [4.69, 9.17) is 4.74 Å². The van der Waals surface area contributed by atoms with Crippen molar-refractivity contribution in [3.63, 3.8) is 0 Å². The molecule has 0 aromatic carbocycles. The van der Waals surface area contributed by atoms with Crippen molar-refractivity contribution in [3.8, 4) is 0 Å². The summed E-state index contributed by atoms with van der Waals surface area (Å²) in [6, 6.07) is 0. The van der Waals surface area contributed by atoms with Gasteiger partial charge < -0.3 is 20.7 Å². The molecule has 0 spiro atoms. The quantitative estimate of drug-likeness (QED) is 0.233. The zero-order valence-corrected chi connectivity index (χ0v) is 19.7. The Labute approximate surface area is 177 Å². The lowest BCUT2D eigenvalue weighted by atomic mass is 10.2. The molecule has 0 aliphatic rings. The van der Waals surface area contributed by atoms with Crippen LogP contribution in [0.15, 0.2) is 4.99 Å². The van der Waals surface area contributed by atoms with Gasteiger partial charge in [-0.25, -0.2) is 9.78 Å². The number of nitrogens with zero attached hydrogens (tertiary/aromatic N) is 2. The number of alkyl carbamates (subject to hydrolysis) is 1. The molecule has 0 fully saturated rings. The summed E-state index contributed by atoms with van der Waals surface area (Å²) < 4.78 is 5.19. The van der Waals surface area contributed by atoms with Crippen LogP contribution in [0.25, 0.3) is 0 Å². The smallest absolute Gasteiger partial charge is 0.407 e. The van der Waals surface area contributed by atoms with Crippen LogP contribution in [0.4, 0.5) is 4.79 Å². The van der Waals surface area contributed by atoms with Crippen LogP contribution in [0, 0.1) is 13.8 Å². The molecule has 0 atom stereocenters. The van der Waals surface area contributed by atoms with Crippen molar-refractivity contribution in [1.82, 2.24) is 20.9 Å². The van der Waals surface area contributed by atoms with E-state index in [2.05, 4.69) is 25.9 Å². The molecule has 1 rings (SSSR count). The largest absolute Gasteiger partial charge is 0.444 e. The highest BCUT2D eigenvalue weighted by molar-refractivity contribution is 14.0. The second-order valence-corrected chi connectivity index (χ2v) is 7.90. The number of aliphatic imine (C=N–C) groups is 1. The maximum Gasteiger partial charge on any atom is 0.407 e. The number of amides is 1. The van der Waals surface area contributed by atoms with E-state index in [1.807, 2.05) is 41.5 Å². The molecule has 0 aliphatic carbocycles. The molecule has 26 heavy (non-hydrogen) atoms. The maximum absolute atomic E-state index is 11.6. The van der Waals surface area contributed by atoms with Crippen molar-refractivity contribution in [2.24, 2.45) is 4.99 Å². The van der Waals surface area contributed by atoms with Gasteiger partial charge in [0, 0.05) is 37.5 Å². The Hall–Kier alpha value is -1.10. The lowest BCUT2D eigenvalue weighted by Crippen LogP contribution is -2.42. The molecule has 9 heteroatoms. The molecule has 3 N–H and O–H groups in total. The number of hydrogen-bond acceptors (Lipinski definition) is 5. The van der Waals surface area contributed by atoms with E-state index >= 15 is 0 Å². The summed E-state index contributed by atoms with van der Waals surface area (Å²) in [5.74, 6) is 0.743. The van der Waals surface area contributed by atoms with Gasteiger partial charge in [0.05, 0.1) is 10.7 Å². The first kappa shape index (κ1) is 24.9. The van der Waals surface area contributed by atoms with E-state index in [0.29, 0.717) is 19.6 Å². The van der Waals surface area contributed by atoms with Gasteiger partial charge in [-0.1, -0.05) is 0 Å². The van der Waals surface area contributed by atoms with E-state index in [1.165, 1.54) is 4.88 Å². The summed E-state index contributed by atoms with van der Waals surface area (Å²) >= 11 is 1.73. The Morgan fingerprint density at radius 1 is 1.19 bits per heavy atom. The number of thiazole rings is 1. The predicted molar refractivity (Wildman–Crippen MR) is 119 cm³/mol. The van der Waals surface area contributed by atoms with Gasteiger partial charge in [0.15, 0.2) is 5.96 Å². The molecule has 1 heterocycles. The van der Waals surface area contributed by atoms with Crippen LogP contribution in [0.1, 0.15) is 43.3 Å². The summed E-state index contributed by atoms with van der Waals surface area (Å²) in [5, 5.41) is 10.2. The molecule has 0 bridgehead atoms. The Bertz CT molecular complexity index is 584. The van der Waals surface area contributed by atoms with Crippen molar-refractivity contribution in [2.45, 2.75) is 53.6 Å². The van der Waals surface area contributed by atoms with Crippen molar-refractivity contribution >= 4 is 47.4 Å². The van der Waals surface area contributed by atoms with Crippen molar-refractivity contribution in [2.75, 3.05) is 26.2 Å². The standard InChI is InChI=1S/C17H31N5O2S.HI/c1-7-18-15(19-9-8-14-12(2)22-13(3)25-14)20-10-11-21-16(23)24-17(4,5)6;/h7-11H2,1-6H3,(H,21,23)(H2,18,19,20);1H. The average Bonchev–Trinajstić information content (AvgIpc) is 2.79. The molecule has 0 saturated heterocycles. The molecule has 1 aromatic heterocycles. The van der Waals surface area contributed by atoms with E-state index in [1.54, 1.807) is 11.3 Å². The van der Waals surface area contributed by atoms with E-state index < -0.39 is 11.7 Å². The van der Waals surface area contributed by atoms with Crippen LogP contribution < -0.4 is 16.0 Å². The molecule has 0 unspecified atom stereocenters. The normalized spacial score (nSPS) is 11.5. The van der Waals surface area contributed by atoms with Gasteiger partial charge in [-0.3, -0.25) is 4.99 Å². The van der Waals surface area contributed by atoms with Crippen LogP contribution in [-0.2, 0) is 11.2 Å². The zero-order valence-electron chi connectivity index (χ0n) is 16.6. The number of guanidine groups is 1.